The van der Waals surface area contributed by atoms with Crippen LogP contribution >= 0.6 is 11.3 Å². The summed E-state index contributed by atoms with van der Waals surface area (Å²) in [7, 11) is 1.59. The number of halogens is 1. The molecule has 3 aromatic rings. The van der Waals surface area contributed by atoms with E-state index in [1.165, 1.54) is 21.9 Å². The number of ether oxygens (including phenoxy) is 2. The molecule has 8 heteroatoms. The Labute approximate surface area is 207 Å². The van der Waals surface area contributed by atoms with E-state index in [4.69, 9.17) is 9.47 Å². The number of nitrogens with zero attached hydrogens (tertiary/aromatic N) is 2. The molecule has 2 aromatic carbocycles. The van der Waals surface area contributed by atoms with Crippen molar-refractivity contribution in [1.29, 1.82) is 0 Å². The molecule has 35 heavy (non-hydrogen) atoms. The van der Waals surface area contributed by atoms with E-state index in [2.05, 4.69) is 0 Å². The van der Waals surface area contributed by atoms with E-state index in [0.717, 1.165) is 24.8 Å². The summed E-state index contributed by atoms with van der Waals surface area (Å²) in [6, 6.07) is 15.1. The van der Waals surface area contributed by atoms with Gasteiger partial charge in [-0.25, -0.2) is 4.39 Å². The number of carbonyl (C=O) groups excluding carboxylic acids is 2. The minimum absolute atomic E-state index is 0.00187. The Bertz CT molecular complexity index is 1230. The lowest BCUT2D eigenvalue weighted by Gasteiger charge is -2.37. The molecular weight excluding hydrogens is 467 g/mol. The van der Waals surface area contributed by atoms with Crippen LogP contribution in [0.3, 0.4) is 0 Å². The minimum Gasteiger partial charge on any atom is -0.493 e. The van der Waals surface area contributed by atoms with Gasteiger partial charge in [-0.3, -0.25) is 9.59 Å². The molecule has 0 N–H and O–H groups in total. The molecule has 1 saturated carbocycles. The molecule has 1 aliphatic heterocycles. The van der Waals surface area contributed by atoms with Crippen LogP contribution in [0, 0.1) is 5.82 Å². The molecule has 5 rings (SSSR count). The maximum Gasteiger partial charge on any atom is 0.257 e. The number of thiophene rings is 1. The molecule has 0 bridgehead atoms. The highest BCUT2D eigenvalue weighted by atomic mass is 32.1. The number of benzene rings is 2. The van der Waals surface area contributed by atoms with Gasteiger partial charge in [-0.15, -0.1) is 11.3 Å². The van der Waals surface area contributed by atoms with Crippen molar-refractivity contribution in [2.24, 2.45) is 0 Å². The number of fused-ring (bicyclic) bond motifs is 1. The summed E-state index contributed by atoms with van der Waals surface area (Å²) in [6.45, 7) is 0.724. The van der Waals surface area contributed by atoms with Gasteiger partial charge >= 0.3 is 0 Å². The van der Waals surface area contributed by atoms with Crippen LogP contribution in [-0.2, 0) is 11.2 Å². The van der Waals surface area contributed by atoms with Gasteiger partial charge in [0.2, 0.25) is 5.91 Å². The van der Waals surface area contributed by atoms with E-state index in [9.17, 15) is 14.0 Å². The van der Waals surface area contributed by atoms with E-state index >= 15 is 0 Å². The van der Waals surface area contributed by atoms with Gasteiger partial charge in [0.05, 0.1) is 18.7 Å². The average molecular weight is 495 g/mol. The summed E-state index contributed by atoms with van der Waals surface area (Å²) < 4.78 is 25.8. The molecule has 1 aromatic heterocycles. The Morgan fingerprint density at radius 3 is 2.57 bits per heavy atom. The summed E-state index contributed by atoms with van der Waals surface area (Å²) in [4.78, 5) is 31.3. The predicted octanol–water partition coefficient (Wildman–Crippen LogP) is 4.71. The van der Waals surface area contributed by atoms with Crippen molar-refractivity contribution in [2.75, 3.05) is 26.8 Å². The number of carbonyl (C=O) groups is 2. The summed E-state index contributed by atoms with van der Waals surface area (Å²) in [5.74, 6) is 0.0712. The van der Waals surface area contributed by atoms with Gasteiger partial charge in [0, 0.05) is 17.5 Å². The largest absolute Gasteiger partial charge is 0.493 e. The second-order valence-electron chi connectivity index (χ2n) is 8.76. The van der Waals surface area contributed by atoms with Gasteiger partial charge in [0.1, 0.15) is 19.0 Å². The van der Waals surface area contributed by atoms with Crippen molar-refractivity contribution in [3.05, 3.63) is 81.8 Å². The quantitative estimate of drug-likeness (QED) is 0.455. The van der Waals surface area contributed by atoms with E-state index in [1.54, 1.807) is 35.5 Å². The number of hydrogen-bond acceptors (Lipinski definition) is 5. The highest BCUT2D eigenvalue weighted by Crippen LogP contribution is 2.36. The van der Waals surface area contributed by atoms with Crippen molar-refractivity contribution in [2.45, 2.75) is 31.3 Å². The molecule has 1 aliphatic carbocycles. The van der Waals surface area contributed by atoms with Gasteiger partial charge in [0.25, 0.3) is 5.91 Å². The molecular formula is C27H27FN2O4S. The summed E-state index contributed by atoms with van der Waals surface area (Å²) >= 11 is 1.68. The monoisotopic (exact) mass is 494 g/mol. The number of amides is 2. The molecule has 0 unspecified atom stereocenters. The zero-order valence-corrected chi connectivity index (χ0v) is 20.3. The highest BCUT2D eigenvalue weighted by molar-refractivity contribution is 7.10. The lowest BCUT2D eigenvalue weighted by molar-refractivity contribution is -0.135. The van der Waals surface area contributed by atoms with Crippen LogP contribution in [0.15, 0.2) is 60.0 Å². The predicted molar refractivity (Wildman–Crippen MR) is 131 cm³/mol. The number of rotatable bonds is 8. The third-order valence-electron chi connectivity index (χ3n) is 6.54. The smallest absolute Gasteiger partial charge is 0.257 e. The van der Waals surface area contributed by atoms with Crippen molar-refractivity contribution in [1.82, 2.24) is 9.80 Å². The van der Waals surface area contributed by atoms with Gasteiger partial charge in [0.15, 0.2) is 11.5 Å². The first-order chi connectivity index (χ1) is 17.1. The maximum absolute atomic E-state index is 14.3. The Morgan fingerprint density at radius 1 is 1.09 bits per heavy atom. The van der Waals surface area contributed by atoms with Crippen LogP contribution in [0.2, 0.25) is 0 Å². The van der Waals surface area contributed by atoms with E-state index < -0.39 is 11.7 Å². The van der Waals surface area contributed by atoms with Gasteiger partial charge in [-0.2, -0.15) is 0 Å². The Hall–Kier alpha value is -3.39. The van der Waals surface area contributed by atoms with Gasteiger partial charge in [-0.1, -0.05) is 24.3 Å². The van der Waals surface area contributed by atoms with Crippen molar-refractivity contribution in [3.8, 4) is 11.5 Å². The molecule has 0 saturated heterocycles. The molecule has 182 valence electrons. The summed E-state index contributed by atoms with van der Waals surface area (Å²) in [5, 5.41) is 2.03. The second kappa shape index (κ2) is 10.1. The van der Waals surface area contributed by atoms with Gasteiger partial charge < -0.3 is 19.3 Å². The molecule has 2 amide bonds. The first-order valence-corrected chi connectivity index (χ1v) is 12.6. The lowest BCUT2D eigenvalue weighted by atomic mass is 10.00. The van der Waals surface area contributed by atoms with E-state index in [1.807, 2.05) is 35.7 Å². The Balaban J connectivity index is 1.36. The van der Waals surface area contributed by atoms with Crippen LogP contribution in [-0.4, -0.2) is 54.5 Å². The summed E-state index contributed by atoms with van der Waals surface area (Å²) in [5.41, 5.74) is 1.07. The molecule has 1 fully saturated rings. The van der Waals surface area contributed by atoms with E-state index in [-0.39, 0.29) is 36.7 Å². The van der Waals surface area contributed by atoms with Gasteiger partial charge in [-0.05, 0) is 60.5 Å². The topological polar surface area (TPSA) is 59.1 Å². The maximum atomic E-state index is 14.3. The number of para-hydroxylation sites is 2. The zero-order chi connectivity index (χ0) is 24.4. The third kappa shape index (κ3) is 4.89. The fourth-order valence-corrected chi connectivity index (χ4v) is 5.49. The average Bonchev–Trinajstić information content (AvgIpc) is 3.61. The van der Waals surface area contributed by atoms with E-state index in [0.29, 0.717) is 18.0 Å². The fraction of sp³-hybridized carbons (Fsp3) is 0.333. The molecule has 0 radical (unpaired) electrons. The standard InChI is InChI=1S/C27H27FN2O4S/c1-33-23-8-4-5-9-24(23)34-17-22-20-13-15-35-25(20)12-14-29(22)26(31)16-30(18-10-11-18)27(32)19-6-2-3-7-21(19)28/h2-9,13,15,18,22H,10-12,14,16-17H2,1H3/t22-/m0/s1. The SMILES string of the molecule is COc1ccccc1OC[C@H]1c2ccsc2CCN1C(=O)CN(C(=O)c1ccccc1F)C1CC1. The molecule has 1 atom stereocenters. The minimum atomic E-state index is -0.570. The Morgan fingerprint density at radius 2 is 1.83 bits per heavy atom. The Kier molecular flexibility index (Phi) is 6.72. The van der Waals surface area contributed by atoms with Crippen molar-refractivity contribution < 1.29 is 23.5 Å². The summed E-state index contributed by atoms with van der Waals surface area (Å²) in [6.07, 6.45) is 2.40. The van der Waals surface area contributed by atoms with Crippen molar-refractivity contribution in [3.63, 3.8) is 0 Å². The first-order valence-electron chi connectivity index (χ1n) is 11.7. The normalized spacial score (nSPS) is 17.0. The lowest BCUT2D eigenvalue weighted by Crippen LogP contribution is -2.48. The van der Waals surface area contributed by atoms with Crippen LogP contribution in [0.4, 0.5) is 4.39 Å². The second-order valence-corrected chi connectivity index (χ2v) is 9.76. The first kappa shape index (κ1) is 23.4. The molecule has 0 spiro atoms. The number of methoxy groups -OCH3 is 1. The fourth-order valence-electron chi connectivity index (χ4n) is 4.56. The highest BCUT2D eigenvalue weighted by Gasteiger charge is 2.38. The zero-order valence-electron chi connectivity index (χ0n) is 19.5. The van der Waals surface area contributed by atoms with Crippen molar-refractivity contribution >= 4 is 23.2 Å². The molecule has 6 nitrogen and oxygen atoms in total. The van der Waals surface area contributed by atoms with Crippen LogP contribution < -0.4 is 9.47 Å². The van der Waals surface area contributed by atoms with Crippen LogP contribution in [0.5, 0.6) is 11.5 Å². The molecule has 2 heterocycles. The number of hydrogen-bond donors (Lipinski definition) is 0. The van der Waals surface area contributed by atoms with Crippen LogP contribution in [0.1, 0.15) is 39.7 Å². The van der Waals surface area contributed by atoms with Crippen LogP contribution in [0.25, 0.3) is 0 Å². The third-order valence-corrected chi connectivity index (χ3v) is 7.54. The molecule has 2 aliphatic rings.